The van der Waals surface area contributed by atoms with Crippen molar-refractivity contribution in [2.24, 2.45) is 17.8 Å². The highest BCUT2D eigenvalue weighted by molar-refractivity contribution is 6.30. The number of carboxylic acid groups (broad SMARTS) is 1. The summed E-state index contributed by atoms with van der Waals surface area (Å²) < 4.78 is 4.77. The number of halogens is 1. The monoisotopic (exact) mass is 451 g/mol. The molecule has 0 bridgehead atoms. The number of anilines is 1. The zero-order chi connectivity index (χ0) is 22.8. The molecular formula is C23H30ClNO6. The fourth-order valence-corrected chi connectivity index (χ4v) is 4.19. The molecule has 1 aromatic rings. The van der Waals surface area contributed by atoms with Gasteiger partial charge in [0.15, 0.2) is 0 Å². The van der Waals surface area contributed by atoms with Crippen molar-refractivity contribution < 1.29 is 29.0 Å². The Hall–Kier alpha value is -2.41. The number of Topliss-reactive ketones (excluding diaryl/α,β-unsaturated/α-hetero) is 1. The lowest BCUT2D eigenvalue weighted by atomic mass is 9.80. The zero-order valence-electron chi connectivity index (χ0n) is 17.8. The summed E-state index contributed by atoms with van der Waals surface area (Å²) in [5.74, 6) is -0.606. The number of rotatable bonds is 5. The summed E-state index contributed by atoms with van der Waals surface area (Å²) in [6.07, 6.45) is 5.87. The van der Waals surface area contributed by atoms with Crippen molar-refractivity contribution in [3.8, 4) is 0 Å². The van der Waals surface area contributed by atoms with Gasteiger partial charge in [0.05, 0.1) is 18.9 Å². The molecule has 1 aromatic carbocycles. The molecule has 0 aromatic heterocycles. The van der Waals surface area contributed by atoms with E-state index in [4.69, 9.17) is 21.4 Å². The first-order valence-corrected chi connectivity index (χ1v) is 11.0. The molecule has 0 saturated heterocycles. The second kappa shape index (κ2) is 12.4. The van der Waals surface area contributed by atoms with Crippen molar-refractivity contribution in [3.05, 3.63) is 29.3 Å². The lowest BCUT2D eigenvalue weighted by molar-refractivity contribution is -0.147. The maximum absolute atomic E-state index is 12.0. The fraction of sp³-hybridized carbons (Fsp3) is 0.565. The third-order valence-corrected chi connectivity index (χ3v) is 6.09. The van der Waals surface area contributed by atoms with Gasteiger partial charge in [0.2, 0.25) is 5.91 Å². The molecule has 0 aliphatic heterocycles. The zero-order valence-corrected chi connectivity index (χ0v) is 18.5. The quantitative estimate of drug-likeness (QED) is 0.638. The van der Waals surface area contributed by atoms with Crippen LogP contribution in [0, 0.1) is 17.8 Å². The third-order valence-electron chi connectivity index (χ3n) is 5.86. The Morgan fingerprint density at radius 3 is 2.26 bits per heavy atom. The van der Waals surface area contributed by atoms with Crippen LogP contribution in [0.3, 0.4) is 0 Å². The van der Waals surface area contributed by atoms with E-state index >= 15 is 0 Å². The summed E-state index contributed by atoms with van der Waals surface area (Å²) in [6.45, 7) is 0. The van der Waals surface area contributed by atoms with E-state index in [1.165, 1.54) is 7.11 Å². The maximum atomic E-state index is 12.0. The number of amides is 1. The molecule has 170 valence electrons. The minimum absolute atomic E-state index is 0.00113. The molecule has 7 nitrogen and oxygen atoms in total. The van der Waals surface area contributed by atoms with Crippen molar-refractivity contribution in [2.45, 2.75) is 57.8 Å². The van der Waals surface area contributed by atoms with Gasteiger partial charge in [0.25, 0.3) is 0 Å². The molecule has 0 radical (unpaired) electrons. The summed E-state index contributed by atoms with van der Waals surface area (Å²) in [7, 11) is 1.42. The van der Waals surface area contributed by atoms with Crippen molar-refractivity contribution in [3.63, 3.8) is 0 Å². The smallest absolute Gasteiger partial charge is 0.308 e. The number of benzene rings is 1. The normalized spacial score (nSPS) is 21.4. The van der Waals surface area contributed by atoms with E-state index < -0.39 is 5.97 Å². The largest absolute Gasteiger partial charge is 0.481 e. The summed E-state index contributed by atoms with van der Waals surface area (Å²) in [4.78, 5) is 44.5. The number of ketones is 1. The van der Waals surface area contributed by atoms with Gasteiger partial charge in [-0.25, -0.2) is 0 Å². The van der Waals surface area contributed by atoms with Gasteiger partial charge >= 0.3 is 11.9 Å². The predicted octanol–water partition coefficient (Wildman–Crippen LogP) is 4.48. The summed E-state index contributed by atoms with van der Waals surface area (Å²) in [5.41, 5.74) is 0.718. The summed E-state index contributed by atoms with van der Waals surface area (Å²) in [6, 6.07) is 7.12. The lowest BCUT2D eigenvalue weighted by Crippen LogP contribution is -2.25. The van der Waals surface area contributed by atoms with Crippen LogP contribution in [0.15, 0.2) is 24.3 Å². The van der Waals surface area contributed by atoms with Crippen LogP contribution in [-0.2, 0) is 23.9 Å². The molecule has 2 aliphatic carbocycles. The Labute approximate surface area is 187 Å². The van der Waals surface area contributed by atoms with Gasteiger partial charge in [-0.3, -0.25) is 19.2 Å². The van der Waals surface area contributed by atoms with Gasteiger partial charge in [-0.15, -0.1) is 0 Å². The SMILES string of the molecule is COC(=O)C1CCC(CC(=O)Nc2cccc(Cl)c2)CC1.O=C1CCC(C(=O)O)CC1. The van der Waals surface area contributed by atoms with Crippen LogP contribution < -0.4 is 5.32 Å². The molecule has 0 heterocycles. The standard InChI is InChI=1S/C16H20ClNO3.C7H10O3/c1-21-16(20)12-7-5-11(6-8-12)9-15(19)18-14-4-2-3-13(17)10-14;8-6-3-1-5(2-4-6)7(9)10/h2-4,10-12H,5-9H2,1H3,(H,18,19);5H,1-4H2,(H,9,10). The summed E-state index contributed by atoms with van der Waals surface area (Å²) >= 11 is 5.88. The molecule has 3 rings (SSSR count). The minimum Gasteiger partial charge on any atom is -0.481 e. The van der Waals surface area contributed by atoms with Crippen LogP contribution >= 0.6 is 11.6 Å². The first-order valence-electron chi connectivity index (χ1n) is 10.7. The van der Waals surface area contributed by atoms with Gasteiger partial charge in [-0.2, -0.15) is 0 Å². The Morgan fingerprint density at radius 1 is 1.06 bits per heavy atom. The number of nitrogens with one attached hydrogen (secondary N) is 1. The van der Waals surface area contributed by atoms with E-state index in [9.17, 15) is 19.2 Å². The number of carboxylic acids is 1. The van der Waals surface area contributed by atoms with Crippen LogP contribution in [0.5, 0.6) is 0 Å². The van der Waals surface area contributed by atoms with Crippen molar-refractivity contribution in [1.29, 1.82) is 0 Å². The van der Waals surface area contributed by atoms with Gasteiger partial charge in [0.1, 0.15) is 5.78 Å². The summed E-state index contributed by atoms with van der Waals surface area (Å²) in [5, 5.41) is 12.0. The van der Waals surface area contributed by atoms with E-state index in [2.05, 4.69) is 5.32 Å². The number of carbonyl (C=O) groups excluding carboxylic acids is 3. The van der Waals surface area contributed by atoms with Crippen LogP contribution in [0.4, 0.5) is 5.69 Å². The highest BCUT2D eigenvalue weighted by atomic mass is 35.5. The Bertz CT molecular complexity index is 778. The fourth-order valence-electron chi connectivity index (χ4n) is 4.00. The Kier molecular flexibility index (Phi) is 9.98. The predicted molar refractivity (Wildman–Crippen MR) is 117 cm³/mol. The highest BCUT2D eigenvalue weighted by Gasteiger charge is 2.28. The van der Waals surface area contributed by atoms with E-state index in [0.29, 0.717) is 43.0 Å². The van der Waals surface area contributed by atoms with Gasteiger partial charge in [-0.05, 0) is 62.6 Å². The Morgan fingerprint density at radius 2 is 1.71 bits per heavy atom. The number of esters is 1. The molecular weight excluding hydrogens is 422 g/mol. The van der Waals surface area contributed by atoms with Gasteiger partial charge in [0, 0.05) is 30.0 Å². The van der Waals surface area contributed by atoms with Crippen LogP contribution in [0.2, 0.25) is 5.02 Å². The van der Waals surface area contributed by atoms with Crippen LogP contribution in [-0.4, -0.2) is 35.8 Å². The highest BCUT2D eigenvalue weighted by Crippen LogP contribution is 2.31. The van der Waals surface area contributed by atoms with Crippen molar-refractivity contribution >= 4 is 40.9 Å². The number of ether oxygens (including phenoxy) is 1. The van der Waals surface area contributed by atoms with Crippen molar-refractivity contribution in [1.82, 2.24) is 0 Å². The van der Waals surface area contributed by atoms with E-state index in [-0.39, 0.29) is 29.5 Å². The third kappa shape index (κ3) is 8.69. The van der Waals surface area contributed by atoms with E-state index in [1.54, 1.807) is 18.2 Å². The van der Waals surface area contributed by atoms with E-state index in [0.717, 1.165) is 31.4 Å². The second-order valence-corrected chi connectivity index (χ2v) is 8.59. The van der Waals surface area contributed by atoms with Gasteiger partial charge in [-0.1, -0.05) is 17.7 Å². The molecule has 1 amide bonds. The molecule has 0 atom stereocenters. The van der Waals surface area contributed by atoms with Crippen LogP contribution in [0.1, 0.15) is 57.8 Å². The maximum Gasteiger partial charge on any atom is 0.308 e. The number of hydrogen-bond donors (Lipinski definition) is 2. The van der Waals surface area contributed by atoms with Crippen molar-refractivity contribution in [2.75, 3.05) is 12.4 Å². The molecule has 0 spiro atoms. The first kappa shape index (κ1) is 24.9. The molecule has 2 fully saturated rings. The molecule has 31 heavy (non-hydrogen) atoms. The molecule has 2 aliphatic rings. The number of hydrogen-bond acceptors (Lipinski definition) is 5. The number of methoxy groups -OCH3 is 1. The minimum atomic E-state index is -0.757. The number of aliphatic carboxylic acids is 1. The van der Waals surface area contributed by atoms with Gasteiger partial charge < -0.3 is 15.2 Å². The van der Waals surface area contributed by atoms with Crippen LogP contribution in [0.25, 0.3) is 0 Å². The average Bonchev–Trinajstić information content (AvgIpc) is 2.74. The lowest BCUT2D eigenvalue weighted by Gasteiger charge is -2.26. The average molecular weight is 452 g/mol. The topological polar surface area (TPSA) is 110 Å². The molecule has 0 unspecified atom stereocenters. The first-order chi connectivity index (χ1) is 14.8. The molecule has 2 N–H and O–H groups in total. The molecule has 8 heteroatoms. The Balaban J connectivity index is 0.000000285. The second-order valence-electron chi connectivity index (χ2n) is 8.15. The van der Waals surface area contributed by atoms with E-state index in [1.807, 2.05) is 6.07 Å². The number of carbonyl (C=O) groups is 4. The molecule has 2 saturated carbocycles.